The number of thiazole rings is 1. The first-order chi connectivity index (χ1) is 17.3. The second kappa shape index (κ2) is 10.3. The minimum absolute atomic E-state index is 0.118. The van der Waals surface area contributed by atoms with Gasteiger partial charge in [-0.25, -0.2) is 13.4 Å². The van der Waals surface area contributed by atoms with Crippen molar-refractivity contribution in [2.75, 3.05) is 18.0 Å². The molecular weight excluding hydrogens is 516 g/mol. The highest BCUT2D eigenvalue weighted by molar-refractivity contribution is 7.89. The number of piperidine rings is 1. The van der Waals surface area contributed by atoms with Crippen LogP contribution in [0.25, 0.3) is 10.2 Å². The zero-order valence-corrected chi connectivity index (χ0v) is 22.1. The van der Waals surface area contributed by atoms with Gasteiger partial charge in [-0.1, -0.05) is 35.1 Å². The number of rotatable bonds is 6. The number of hydrogen-bond acceptors (Lipinski definition) is 6. The Morgan fingerprint density at radius 2 is 1.97 bits per heavy atom. The third-order valence-electron chi connectivity index (χ3n) is 6.26. The van der Waals surface area contributed by atoms with Gasteiger partial charge < -0.3 is 0 Å². The van der Waals surface area contributed by atoms with E-state index < -0.39 is 15.9 Å². The summed E-state index contributed by atoms with van der Waals surface area (Å²) in [6, 6.07) is 17.7. The largest absolute Gasteiger partial charge is 0.282 e. The molecule has 36 heavy (non-hydrogen) atoms. The predicted octanol–water partition coefficient (Wildman–Crippen LogP) is 5.29. The van der Waals surface area contributed by atoms with E-state index in [-0.39, 0.29) is 23.9 Å². The minimum Gasteiger partial charge on any atom is -0.282 e. The lowest BCUT2D eigenvalue weighted by molar-refractivity contribution is -0.123. The summed E-state index contributed by atoms with van der Waals surface area (Å²) in [7, 11) is -3.74. The van der Waals surface area contributed by atoms with Crippen molar-refractivity contribution < 1.29 is 13.2 Å². The van der Waals surface area contributed by atoms with Crippen molar-refractivity contribution >= 4 is 54.2 Å². The Hall–Kier alpha value is -2.85. The number of anilines is 1. The van der Waals surface area contributed by atoms with Crippen molar-refractivity contribution in [3.8, 4) is 0 Å². The van der Waals surface area contributed by atoms with Gasteiger partial charge in [-0.15, -0.1) is 0 Å². The molecule has 2 aromatic heterocycles. The summed E-state index contributed by atoms with van der Waals surface area (Å²) in [5.74, 6) is -0.634. The molecule has 10 heteroatoms. The van der Waals surface area contributed by atoms with E-state index in [1.807, 2.05) is 37.3 Å². The van der Waals surface area contributed by atoms with Crippen molar-refractivity contribution in [3.05, 3.63) is 83.1 Å². The Morgan fingerprint density at radius 1 is 1.17 bits per heavy atom. The lowest BCUT2D eigenvalue weighted by atomic mass is 9.98. The number of carbonyl (C=O) groups excluding carboxylic acids is 1. The summed E-state index contributed by atoms with van der Waals surface area (Å²) >= 11 is 7.40. The molecule has 186 valence electrons. The molecule has 5 rings (SSSR count). The number of halogens is 1. The molecule has 1 amide bonds. The van der Waals surface area contributed by atoms with Gasteiger partial charge in [0.1, 0.15) is 0 Å². The van der Waals surface area contributed by atoms with Crippen LogP contribution in [0.1, 0.15) is 24.1 Å². The molecule has 7 nitrogen and oxygen atoms in total. The van der Waals surface area contributed by atoms with E-state index in [0.717, 1.165) is 21.5 Å². The number of sulfonamides is 1. The smallest absolute Gasteiger partial charge is 0.243 e. The van der Waals surface area contributed by atoms with Crippen LogP contribution in [0, 0.1) is 12.8 Å². The molecule has 3 heterocycles. The van der Waals surface area contributed by atoms with Crippen LogP contribution in [0.3, 0.4) is 0 Å². The molecule has 1 saturated heterocycles. The van der Waals surface area contributed by atoms with E-state index in [1.165, 1.54) is 27.8 Å². The van der Waals surface area contributed by atoms with Crippen LogP contribution < -0.4 is 4.90 Å². The number of aromatic nitrogens is 2. The zero-order chi connectivity index (χ0) is 25.3. The molecule has 0 radical (unpaired) electrons. The Labute approximate surface area is 219 Å². The molecule has 4 aromatic rings. The molecule has 1 unspecified atom stereocenters. The number of fused-ring (bicyclic) bond motifs is 1. The third kappa shape index (κ3) is 5.15. The summed E-state index contributed by atoms with van der Waals surface area (Å²) in [5.41, 5.74) is 2.69. The van der Waals surface area contributed by atoms with Crippen LogP contribution in [-0.2, 0) is 21.4 Å². The summed E-state index contributed by atoms with van der Waals surface area (Å²) in [5, 5.41) is 1.06. The molecule has 0 spiro atoms. The Bertz CT molecular complexity index is 1490. The summed E-state index contributed by atoms with van der Waals surface area (Å²) in [6.07, 6.45) is 2.90. The second-order valence-corrected chi connectivity index (χ2v) is 12.3. The fraction of sp³-hybridized carbons (Fsp3) is 0.269. The quantitative estimate of drug-likeness (QED) is 0.332. The normalized spacial score (nSPS) is 16.8. The van der Waals surface area contributed by atoms with E-state index >= 15 is 0 Å². The lowest BCUT2D eigenvalue weighted by Crippen LogP contribution is -2.46. The first kappa shape index (κ1) is 24.8. The molecule has 0 aliphatic carbocycles. The number of pyridine rings is 1. The van der Waals surface area contributed by atoms with Gasteiger partial charge in [0, 0.05) is 24.3 Å². The predicted molar refractivity (Wildman–Crippen MR) is 143 cm³/mol. The number of carbonyl (C=O) groups is 1. The standard InChI is InChI=1S/C26H25ClN4O3S2/c1-18-7-12-23-24(15-18)35-26(29-23)31(17-21-6-2-3-13-28-21)25(32)19-5-4-14-30(16-19)36(33,34)22-10-8-20(27)9-11-22/h2-3,6-13,15,19H,4-5,14,16-17H2,1H3. The molecule has 1 aliphatic rings. The van der Waals surface area contributed by atoms with E-state index in [0.29, 0.717) is 29.5 Å². The van der Waals surface area contributed by atoms with Gasteiger partial charge >= 0.3 is 0 Å². The molecule has 0 saturated carbocycles. The average Bonchev–Trinajstić information content (AvgIpc) is 3.31. The molecule has 1 atom stereocenters. The summed E-state index contributed by atoms with van der Waals surface area (Å²) < 4.78 is 29.0. The van der Waals surface area contributed by atoms with Crippen LogP contribution in [0.15, 0.2) is 71.8 Å². The average molecular weight is 541 g/mol. The summed E-state index contributed by atoms with van der Waals surface area (Å²) in [4.78, 5) is 24.9. The maximum absolute atomic E-state index is 13.9. The lowest BCUT2D eigenvalue weighted by Gasteiger charge is -2.33. The van der Waals surface area contributed by atoms with Crippen molar-refractivity contribution in [2.45, 2.75) is 31.2 Å². The van der Waals surface area contributed by atoms with Gasteiger partial charge in [-0.2, -0.15) is 4.31 Å². The topological polar surface area (TPSA) is 83.5 Å². The molecule has 0 N–H and O–H groups in total. The van der Waals surface area contributed by atoms with Gasteiger partial charge in [0.05, 0.1) is 33.3 Å². The highest BCUT2D eigenvalue weighted by Crippen LogP contribution is 2.33. The molecule has 0 bridgehead atoms. The van der Waals surface area contributed by atoms with E-state index in [9.17, 15) is 13.2 Å². The molecule has 1 fully saturated rings. The van der Waals surface area contributed by atoms with Crippen LogP contribution in [0.5, 0.6) is 0 Å². The monoisotopic (exact) mass is 540 g/mol. The fourth-order valence-electron chi connectivity index (χ4n) is 4.37. The fourth-order valence-corrected chi connectivity index (χ4v) is 7.09. The van der Waals surface area contributed by atoms with Gasteiger partial charge in [0.2, 0.25) is 15.9 Å². The number of amides is 1. The number of benzene rings is 2. The first-order valence-corrected chi connectivity index (χ1v) is 14.3. The van der Waals surface area contributed by atoms with Crippen molar-refractivity contribution in [1.29, 1.82) is 0 Å². The van der Waals surface area contributed by atoms with E-state index in [2.05, 4.69) is 11.1 Å². The highest BCUT2D eigenvalue weighted by Gasteiger charge is 2.36. The minimum atomic E-state index is -3.74. The number of hydrogen-bond donors (Lipinski definition) is 0. The number of nitrogens with zero attached hydrogens (tertiary/aromatic N) is 4. The molecule has 1 aliphatic heterocycles. The van der Waals surface area contributed by atoms with Crippen LogP contribution in [-0.4, -0.2) is 41.7 Å². The summed E-state index contributed by atoms with van der Waals surface area (Å²) in [6.45, 7) is 2.77. The third-order valence-corrected chi connectivity index (χ3v) is 9.43. The molecule has 2 aromatic carbocycles. The second-order valence-electron chi connectivity index (χ2n) is 8.87. The highest BCUT2D eigenvalue weighted by atomic mass is 35.5. The van der Waals surface area contributed by atoms with Crippen LogP contribution >= 0.6 is 22.9 Å². The van der Waals surface area contributed by atoms with Crippen molar-refractivity contribution in [1.82, 2.24) is 14.3 Å². The van der Waals surface area contributed by atoms with Crippen molar-refractivity contribution in [2.24, 2.45) is 5.92 Å². The van der Waals surface area contributed by atoms with Gasteiger partial charge in [-0.3, -0.25) is 14.7 Å². The zero-order valence-electron chi connectivity index (χ0n) is 19.7. The van der Waals surface area contributed by atoms with E-state index in [4.69, 9.17) is 16.6 Å². The SMILES string of the molecule is Cc1ccc2nc(N(Cc3ccccn3)C(=O)C3CCCN(S(=O)(=O)c4ccc(Cl)cc4)C3)sc2c1. The maximum atomic E-state index is 13.9. The Morgan fingerprint density at radius 3 is 2.72 bits per heavy atom. The maximum Gasteiger partial charge on any atom is 0.243 e. The van der Waals surface area contributed by atoms with Crippen LogP contribution in [0.2, 0.25) is 5.02 Å². The number of aryl methyl sites for hydroxylation is 1. The Balaban J connectivity index is 1.44. The van der Waals surface area contributed by atoms with Gasteiger partial charge in [-0.05, 0) is 73.9 Å². The van der Waals surface area contributed by atoms with E-state index in [1.54, 1.807) is 23.2 Å². The molecular formula is C26H25ClN4O3S2. The van der Waals surface area contributed by atoms with Gasteiger partial charge in [0.25, 0.3) is 0 Å². The van der Waals surface area contributed by atoms with Gasteiger partial charge in [0.15, 0.2) is 5.13 Å². The first-order valence-electron chi connectivity index (χ1n) is 11.7. The van der Waals surface area contributed by atoms with Crippen LogP contribution in [0.4, 0.5) is 5.13 Å². The van der Waals surface area contributed by atoms with Crippen molar-refractivity contribution in [3.63, 3.8) is 0 Å². The Kier molecular flexibility index (Phi) is 7.07.